The van der Waals surface area contributed by atoms with E-state index in [1.165, 1.54) is 51.9 Å². The van der Waals surface area contributed by atoms with Gasteiger partial charge in [-0.2, -0.15) is 0 Å². The summed E-state index contributed by atoms with van der Waals surface area (Å²) in [6.45, 7) is 14.3. The van der Waals surface area contributed by atoms with E-state index in [9.17, 15) is 0 Å². The summed E-state index contributed by atoms with van der Waals surface area (Å²) in [5.41, 5.74) is 0. The van der Waals surface area contributed by atoms with Crippen molar-refractivity contribution in [3.63, 3.8) is 0 Å². The number of rotatable bonds is 7. The number of hydrogen-bond donors (Lipinski definition) is 1. The van der Waals surface area contributed by atoms with Crippen LogP contribution in [0, 0.1) is 0 Å². The Hall–Kier alpha value is -0.120. The van der Waals surface area contributed by atoms with Crippen molar-refractivity contribution < 1.29 is 0 Å². The average Bonchev–Trinajstić information content (AvgIpc) is 3.12. The van der Waals surface area contributed by atoms with Crippen LogP contribution in [0.25, 0.3) is 0 Å². The van der Waals surface area contributed by atoms with Crippen molar-refractivity contribution in [3.05, 3.63) is 0 Å². The molecule has 0 amide bonds. The van der Waals surface area contributed by atoms with Gasteiger partial charge in [0.1, 0.15) is 0 Å². The lowest BCUT2D eigenvalue weighted by molar-refractivity contribution is 0.124. The molecular formula is C16H33N3. The zero-order valence-corrected chi connectivity index (χ0v) is 13.4. The lowest BCUT2D eigenvalue weighted by Crippen LogP contribution is -2.49. The lowest BCUT2D eigenvalue weighted by atomic mass is 10.1. The molecule has 0 radical (unpaired) electrons. The molecule has 1 atom stereocenters. The Morgan fingerprint density at radius 3 is 2.32 bits per heavy atom. The van der Waals surface area contributed by atoms with Gasteiger partial charge in [-0.05, 0) is 59.9 Å². The molecule has 0 aromatic heterocycles. The lowest BCUT2D eigenvalue weighted by Gasteiger charge is -2.37. The topological polar surface area (TPSA) is 18.5 Å². The maximum Gasteiger partial charge on any atom is 0.0198 e. The summed E-state index contributed by atoms with van der Waals surface area (Å²) in [7, 11) is 0. The van der Waals surface area contributed by atoms with Crippen LogP contribution in [0.4, 0.5) is 0 Å². The number of likely N-dealkylation sites (tertiary alicyclic amines) is 1. The predicted molar refractivity (Wildman–Crippen MR) is 82.6 cm³/mol. The Morgan fingerprint density at radius 1 is 1.05 bits per heavy atom. The predicted octanol–water partition coefficient (Wildman–Crippen LogP) is 2.32. The summed E-state index contributed by atoms with van der Waals surface area (Å²) >= 11 is 0. The molecule has 1 saturated carbocycles. The molecule has 0 aromatic carbocycles. The van der Waals surface area contributed by atoms with E-state index in [0.717, 1.165) is 12.1 Å². The molecule has 112 valence electrons. The van der Waals surface area contributed by atoms with Gasteiger partial charge in [-0.1, -0.05) is 0 Å². The van der Waals surface area contributed by atoms with E-state index in [2.05, 4.69) is 42.8 Å². The zero-order chi connectivity index (χ0) is 13.8. The van der Waals surface area contributed by atoms with Crippen molar-refractivity contribution in [1.29, 1.82) is 0 Å². The Bertz CT molecular complexity index is 253. The van der Waals surface area contributed by atoms with Gasteiger partial charge in [-0.3, -0.25) is 4.90 Å². The minimum Gasteiger partial charge on any atom is -0.310 e. The van der Waals surface area contributed by atoms with E-state index in [-0.39, 0.29) is 0 Å². The largest absolute Gasteiger partial charge is 0.310 e. The highest BCUT2D eigenvalue weighted by atomic mass is 15.2. The first-order valence-corrected chi connectivity index (χ1v) is 8.30. The van der Waals surface area contributed by atoms with Gasteiger partial charge in [-0.15, -0.1) is 0 Å². The Morgan fingerprint density at radius 2 is 1.74 bits per heavy atom. The highest BCUT2D eigenvalue weighted by Gasteiger charge is 2.27. The van der Waals surface area contributed by atoms with Crippen LogP contribution in [0.15, 0.2) is 0 Å². The van der Waals surface area contributed by atoms with E-state index >= 15 is 0 Å². The van der Waals surface area contributed by atoms with Gasteiger partial charge >= 0.3 is 0 Å². The third-order valence-corrected chi connectivity index (χ3v) is 4.56. The molecule has 0 spiro atoms. The van der Waals surface area contributed by atoms with Crippen LogP contribution in [-0.4, -0.2) is 60.1 Å². The van der Waals surface area contributed by atoms with E-state index in [0.29, 0.717) is 12.1 Å². The van der Waals surface area contributed by atoms with Crippen LogP contribution in [-0.2, 0) is 0 Å². The number of nitrogens with zero attached hydrogens (tertiary/aromatic N) is 2. The van der Waals surface area contributed by atoms with Crippen molar-refractivity contribution in [3.8, 4) is 0 Å². The number of hydrogen-bond acceptors (Lipinski definition) is 3. The van der Waals surface area contributed by atoms with Crippen molar-refractivity contribution in [2.24, 2.45) is 0 Å². The Labute approximate surface area is 119 Å². The highest BCUT2D eigenvalue weighted by molar-refractivity contribution is 4.88. The Balaban J connectivity index is 1.71. The third-order valence-electron chi connectivity index (χ3n) is 4.56. The van der Waals surface area contributed by atoms with Crippen LogP contribution >= 0.6 is 0 Å². The van der Waals surface area contributed by atoms with Crippen molar-refractivity contribution in [1.82, 2.24) is 15.1 Å². The van der Waals surface area contributed by atoms with Gasteiger partial charge in [-0.25, -0.2) is 0 Å². The Kier molecular flexibility index (Phi) is 5.67. The van der Waals surface area contributed by atoms with Crippen LogP contribution in [0.3, 0.4) is 0 Å². The maximum absolute atomic E-state index is 3.80. The molecular weight excluding hydrogens is 234 g/mol. The van der Waals surface area contributed by atoms with Crippen molar-refractivity contribution in [2.45, 2.75) is 77.5 Å². The molecule has 1 heterocycles. The summed E-state index contributed by atoms with van der Waals surface area (Å²) in [5.74, 6) is 0. The van der Waals surface area contributed by atoms with Gasteiger partial charge in [0.25, 0.3) is 0 Å². The van der Waals surface area contributed by atoms with Crippen molar-refractivity contribution in [2.75, 3.05) is 26.2 Å². The molecule has 1 aliphatic carbocycles. The maximum atomic E-state index is 3.80. The fourth-order valence-electron chi connectivity index (χ4n) is 3.35. The molecule has 2 rings (SSSR count). The second kappa shape index (κ2) is 7.05. The van der Waals surface area contributed by atoms with Gasteiger partial charge in [0.15, 0.2) is 0 Å². The zero-order valence-electron chi connectivity index (χ0n) is 13.4. The van der Waals surface area contributed by atoms with Crippen LogP contribution in [0.1, 0.15) is 53.4 Å². The van der Waals surface area contributed by atoms with Crippen molar-refractivity contribution >= 4 is 0 Å². The van der Waals surface area contributed by atoms with Crippen LogP contribution < -0.4 is 5.32 Å². The van der Waals surface area contributed by atoms with Gasteiger partial charge in [0, 0.05) is 43.8 Å². The molecule has 2 fully saturated rings. The molecule has 0 aromatic rings. The average molecular weight is 267 g/mol. The fraction of sp³-hybridized carbons (Fsp3) is 1.00. The molecule has 1 saturated heterocycles. The monoisotopic (exact) mass is 267 g/mol. The first kappa shape index (κ1) is 15.3. The van der Waals surface area contributed by atoms with E-state index < -0.39 is 0 Å². The van der Waals surface area contributed by atoms with Gasteiger partial charge < -0.3 is 10.2 Å². The molecule has 3 heteroatoms. The van der Waals surface area contributed by atoms with E-state index in [1.54, 1.807) is 0 Å². The van der Waals surface area contributed by atoms with Gasteiger partial charge in [0.05, 0.1) is 0 Å². The third kappa shape index (κ3) is 5.05. The van der Waals surface area contributed by atoms with Crippen LogP contribution in [0.2, 0.25) is 0 Å². The molecule has 1 aliphatic heterocycles. The second-order valence-electron chi connectivity index (χ2n) is 7.01. The fourth-order valence-corrected chi connectivity index (χ4v) is 3.35. The normalized spacial score (nSPS) is 25.7. The molecule has 1 unspecified atom stereocenters. The standard InChI is InChI=1S/C16H33N3/c1-13(2)19(14(3)4)11-10-18-9-5-6-16(12-18)17-15-7-8-15/h13-17H,5-12H2,1-4H3. The van der Waals surface area contributed by atoms with Gasteiger partial charge in [0.2, 0.25) is 0 Å². The minimum atomic E-state index is 0.658. The number of nitrogens with one attached hydrogen (secondary N) is 1. The van der Waals surface area contributed by atoms with E-state index in [1.807, 2.05) is 0 Å². The summed E-state index contributed by atoms with van der Waals surface area (Å²) in [6.07, 6.45) is 5.56. The minimum absolute atomic E-state index is 0.658. The molecule has 19 heavy (non-hydrogen) atoms. The first-order valence-electron chi connectivity index (χ1n) is 8.30. The highest BCUT2D eigenvalue weighted by Crippen LogP contribution is 2.22. The molecule has 0 bridgehead atoms. The quantitative estimate of drug-likeness (QED) is 0.764. The summed E-state index contributed by atoms with van der Waals surface area (Å²) < 4.78 is 0. The molecule has 3 nitrogen and oxygen atoms in total. The SMILES string of the molecule is CC(C)N(CCN1CCCC(NC2CC2)C1)C(C)C. The van der Waals surface area contributed by atoms with E-state index in [4.69, 9.17) is 0 Å². The first-order chi connectivity index (χ1) is 9.06. The summed E-state index contributed by atoms with van der Waals surface area (Å²) in [4.78, 5) is 5.28. The molecule has 2 aliphatic rings. The van der Waals surface area contributed by atoms with Crippen LogP contribution in [0.5, 0.6) is 0 Å². The number of piperidine rings is 1. The second-order valence-corrected chi connectivity index (χ2v) is 7.01. The smallest absolute Gasteiger partial charge is 0.0198 e. The summed E-state index contributed by atoms with van der Waals surface area (Å²) in [5, 5.41) is 3.80. The molecule has 1 N–H and O–H groups in total. The summed E-state index contributed by atoms with van der Waals surface area (Å²) in [6, 6.07) is 2.93.